The van der Waals surface area contributed by atoms with Crippen LogP contribution in [0, 0.1) is 5.82 Å². The molecular formula is C15H16FN5O2S. The molecule has 1 aliphatic carbocycles. The van der Waals surface area contributed by atoms with Gasteiger partial charge in [-0.1, -0.05) is 23.9 Å². The molecule has 0 radical (unpaired) electrons. The lowest BCUT2D eigenvalue weighted by atomic mass is 10.2. The summed E-state index contributed by atoms with van der Waals surface area (Å²) in [5, 5.41) is 11.3. The largest absolute Gasteiger partial charge is 0.335 e. The highest BCUT2D eigenvalue weighted by Crippen LogP contribution is 2.24. The lowest BCUT2D eigenvalue weighted by molar-refractivity contribution is -0.119. The number of nitrogens with zero attached hydrogens (tertiary/aromatic N) is 2. The number of aromatic amines is 1. The molecule has 1 heterocycles. The van der Waals surface area contributed by atoms with Gasteiger partial charge in [0.15, 0.2) is 5.82 Å². The Morgan fingerprint density at radius 2 is 2.12 bits per heavy atom. The fraction of sp³-hybridized carbons (Fsp3) is 0.333. The van der Waals surface area contributed by atoms with E-state index in [0.29, 0.717) is 10.7 Å². The second-order valence-corrected chi connectivity index (χ2v) is 6.75. The maximum absolute atomic E-state index is 13.7. The number of aromatic nitrogens is 3. The van der Waals surface area contributed by atoms with Gasteiger partial charge in [-0.05, 0) is 31.9 Å². The smallest absolute Gasteiger partial charge is 0.321 e. The number of urea groups is 1. The molecule has 0 saturated heterocycles. The van der Waals surface area contributed by atoms with E-state index in [1.165, 1.54) is 6.07 Å². The third-order valence-corrected chi connectivity index (χ3v) is 4.36. The third kappa shape index (κ3) is 4.10. The van der Waals surface area contributed by atoms with Crippen molar-refractivity contribution in [3.05, 3.63) is 30.1 Å². The first-order valence-corrected chi connectivity index (χ1v) is 8.36. The molecule has 1 unspecified atom stereocenters. The van der Waals surface area contributed by atoms with Gasteiger partial charge in [0.25, 0.3) is 0 Å². The summed E-state index contributed by atoms with van der Waals surface area (Å²) in [6.07, 6.45) is 1.89. The Labute approximate surface area is 141 Å². The van der Waals surface area contributed by atoms with Crippen LogP contribution in [0.15, 0.2) is 29.4 Å². The quantitative estimate of drug-likeness (QED) is 0.718. The van der Waals surface area contributed by atoms with Gasteiger partial charge in [0.1, 0.15) is 5.82 Å². The third-order valence-electron chi connectivity index (χ3n) is 3.39. The number of H-pyrrole nitrogens is 1. The van der Waals surface area contributed by atoms with E-state index in [0.717, 1.165) is 24.6 Å². The van der Waals surface area contributed by atoms with E-state index in [4.69, 9.17) is 0 Å². The topological polar surface area (TPSA) is 99.8 Å². The Morgan fingerprint density at radius 3 is 2.83 bits per heavy atom. The van der Waals surface area contributed by atoms with E-state index in [1.807, 2.05) is 0 Å². The van der Waals surface area contributed by atoms with Gasteiger partial charge in [0.2, 0.25) is 11.1 Å². The van der Waals surface area contributed by atoms with Crippen molar-refractivity contribution < 1.29 is 14.0 Å². The molecule has 9 heteroatoms. The lowest BCUT2D eigenvalue weighted by Gasteiger charge is -2.09. The number of thioether (sulfide) groups is 1. The van der Waals surface area contributed by atoms with E-state index < -0.39 is 23.0 Å². The van der Waals surface area contributed by atoms with Crippen molar-refractivity contribution in [3.8, 4) is 11.4 Å². The molecule has 1 saturated carbocycles. The number of nitrogens with one attached hydrogen (secondary N) is 3. The summed E-state index contributed by atoms with van der Waals surface area (Å²) in [6, 6.07) is 5.89. The van der Waals surface area contributed by atoms with Crippen molar-refractivity contribution in [1.82, 2.24) is 25.8 Å². The van der Waals surface area contributed by atoms with Gasteiger partial charge in [-0.15, -0.1) is 5.10 Å². The Bertz CT molecular complexity index is 762. The van der Waals surface area contributed by atoms with Crippen molar-refractivity contribution >= 4 is 23.7 Å². The van der Waals surface area contributed by atoms with Crippen molar-refractivity contribution in [2.45, 2.75) is 36.2 Å². The summed E-state index contributed by atoms with van der Waals surface area (Å²) in [6.45, 7) is 1.64. The summed E-state index contributed by atoms with van der Waals surface area (Å²) >= 11 is 1.08. The summed E-state index contributed by atoms with van der Waals surface area (Å²) in [7, 11) is 0. The van der Waals surface area contributed by atoms with Crippen LogP contribution in [0.4, 0.5) is 9.18 Å². The number of imide groups is 1. The summed E-state index contributed by atoms with van der Waals surface area (Å²) in [4.78, 5) is 27.7. The van der Waals surface area contributed by atoms with Crippen LogP contribution < -0.4 is 10.6 Å². The van der Waals surface area contributed by atoms with Crippen molar-refractivity contribution in [2.75, 3.05) is 0 Å². The Balaban J connectivity index is 1.58. The van der Waals surface area contributed by atoms with Crippen LogP contribution in [-0.2, 0) is 4.79 Å². The molecule has 126 valence electrons. The number of hydrogen-bond donors (Lipinski definition) is 3. The Hall–Kier alpha value is -2.42. The van der Waals surface area contributed by atoms with Crippen LogP contribution in [-0.4, -0.2) is 38.4 Å². The molecule has 24 heavy (non-hydrogen) atoms. The molecule has 0 bridgehead atoms. The van der Waals surface area contributed by atoms with Crippen molar-refractivity contribution in [1.29, 1.82) is 0 Å². The summed E-state index contributed by atoms with van der Waals surface area (Å²) in [5.74, 6) is -0.558. The monoisotopic (exact) mass is 349 g/mol. The Kier molecular flexibility index (Phi) is 4.79. The average Bonchev–Trinajstić information content (AvgIpc) is 3.23. The molecule has 1 atom stereocenters. The maximum atomic E-state index is 13.7. The highest BCUT2D eigenvalue weighted by Gasteiger charge is 2.25. The van der Waals surface area contributed by atoms with Gasteiger partial charge in [0, 0.05) is 6.04 Å². The zero-order valence-corrected chi connectivity index (χ0v) is 13.7. The molecule has 1 fully saturated rings. The highest BCUT2D eigenvalue weighted by atomic mass is 32.2. The van der Waals surface area contributed by atoms with Crippen LogP contribution in [0.2, 0.25) is 0 Å². The fourth-order valence-corrected chi connectivity index (χ4v) is 2.67. The first kappa shape index (κ1) is 16.4. The molecule has 7 nitrogen and oxygen atoms in total. The maximum Gasteiger partial charge on any atom is 0.321 e. The van der Waals surface area contributed by atoms with E-state index in [-0.39, 0.29) is 11.9 Å². The van der Waals surface area contributed by atoms with Crippen molar-refractivity contribution in [2.24, 2.45) is 0 Å². The summed E-state index contributed by atoms with van der Waals surface area (Å²) in [5.41, 5.74) is 0.303. The van der Waals surface area contributed by atoms with E-state index in [1.54, 1.807) is 25.1 Å². The molecule has 1 aromatic carbocycles. The molecular weight excluding hydrogens is 333 g/mol. The van der Waals surface area contributed by atoms with Crippen LogP contribution in [0.3, 0.4) is 0 Å². The number of carbonyl (C=O) groups is 2. The number of amides is 3. The van der Waals surface area contributed by atoms with Crippen molar-refractivity contribution in [3.63, 3.8) is 0 Å². The second-order valence-electron chi connectivity index (χ2n) is 5.44. The predicted octanol–water partition coefficient (Wildman–Crippen LogP) is 2.08. The molecule has 1 aromatic heterocycles. The molecule has 3 rings (SSSR count). The zero-order valence-electron chi connectivity index (χ0n) is 12.9. The van der Waals surface area contributed by atoms with Gasteiger partial charge in [0.05, 0.1) is 10.8 Å². The predicted molar refractivity (Wildman–Crippen MR) is 86.8 cm³/mol. The van der Waals surface area contributed by atoms with Gasteiger partial charge in [-0.2, -0.15) is 0 Å². The SMILES string of the molecule is CC(Sc1n[nH]c(-c2ccccc2F)n1)C(=O)NC(=O)NC1CC1. The average molecular weight is 349 g/mol. The van der Waals surface area contributed by atoms with Crippen LogP contribution in [0.1, 0.15) is 19.8 Å². The minimum Gasteiger partial charge on any atom is -0.335 e. The molecule has 0 aliphatic heterocycles. The normalized spacial score (nSPS) is 14.9. The number of benzene rings is 1. The first-order valence-electron chi connectivity index (χ1n) is 7.48. The van der Waals surface area contributed by atoms with Crippen LogP contribution in [0.25, 0.3) is 11.4 Å². The Morgan fingerprint density at radius 1 is 1.38 bits per heavy atom. The van der Waals surface area contributed by atoms with Crippen LogP contribution in [0.5, 0.6) is 0 Å². The molecule has 1 aliphatic rings. The molecule has 3 amide bonds. The number of halogens is 1. The summed E-state index contributed by atoms with van der Waals surface area (Å²) < 4.78 is 13.7. The molecule has 2 aromatic rings. The van der Waals surface area contributed by atoms with Gasteiger partial charge >= 0.3 is 6.03 Å². The molecule has 3 N–H and O–H groups in total. The van der Waals surface area contributed by atoms with E-state index in [9.17, 15) is 14.0 Å². The lowest BCUT2D eigenvalue weighted by Crippen LogP contribution is -2.43. The zero-order chi connectivity index (χ0) is 17.1. The highest BCUT2D eigenvalue weighted by molar-refractivity contribution is 8.00. The van der Waals surface area contributed by atoms with E-state index in [2.05, 4.69) is 25.8 Å². The number of rotatable bonds is 5. The van der Waals surface area contributed by atoms with Gasteiger partial charge in [-0.3, -0.25) is 15.2 Å². The fourth-order valence-electron chi connectivity index (χ4n) is 1.95. The standard InChI is InChI=1S/C15H16FN5O2S/c1-8(13(22)19-14(23)17-9-6-7-9)24-15-18-12(20-21-15)10-4-2-3-5-11(10)16/h2-5,8-9H,6-7H2,1H3,(H,18,20,21)(H2,17,19,22,23). The number of hydrogen-bond acceptors (Lipinski definition) is 5. The second kappa shape index (κ2) is 7.00. The van der Waals surface area contributed by atoms with Gasteiger partial charge < -0.3 is 5.32 Å². The number of carbonyl (C=O) groups excluding carboxylic acids is 2. The minimum atomic E-state index is -0.570. The van der Waals surface area contributed by atoms with Gasteiger partial charge in [-0.25, -0.2) is 14.2 Å². The molecule has 0 spiro atoms. The first-order chi connectivity index (χ1) is 11.5. The van der Waals surface area contributed by atoms with E-state index >= 15 is 0 Å². The van der Waals surface area contributed by atoms with Crippen LogP contribution >= 0.6 is 11.8 Å². The minimum absolute atomic E-state index is 0.178.